The number of hydrogen-bond donors (Lipinski definition) is 2. The van der Waals surface area contributed by atoms with Crippen LogP contribution in [-0.4, -0.2) is 35.8 Å². The van der Waals surface area contributed by atoms with Crippen molar-refractivity contribution in [3.63, 3.8) is 0 Å². The lowest BCUT2D eigenvalue weighted by Crippen LogP contribution is -2.43. The zero-order valence-corrected chi connectivity index (χ0v) is 18.0. The Balaban J connectivity index is 2.32. The van der Waals surface area contributed by atoms with Gasteiger partial charge < -0.3 is 24.6 Å². The third kappa shape index (κ3) is 7.33. The third-order valence-corrected chi connectivity index (χ3v) is 4.19. The number of methoxy groups -OCH3 is 1. The fourth-order valence-corrected chi connectivity index (χ4v) is 2.84. The molecule has 0 radical (unpaired) electrons. The summed E-state index contributed by atoms with van der Waals surface area (Å²) in [7, 11) is 1.09. The van der Waals surface area contributed by atoms with Crippen molar-refractivity contribution >= 4 is 18.0 Å². The number of nitrogens with one attached hydrogen (secondary N) is 1. The molecule has 0 aromatic heterocycles. The minimum atomic E-state index is -1.68. The topological polar surface area (TPSA) is 111 Å². The van der Waals surface area contributed by atoms with Gasteiger partial charge in [0, 0.05) is 0 Å². The minimum Gasteiger partial charge on any atom is -0.489 e. The maximum absolute atomic E-state index is 12.4. The van der Waals surface area contributed by atoms with Crippen LogP contribution < -0.4 is 10.1 Å². The normalized spacial score (nSPS) is 12.9. The number of carbonyl (C=O) groups excluding carboxylic acids is 2. The van der Waals surface area contributed by atoms with Gasteiger partial charge in [0.2, 0.25) is 0 Å². The van der Waals surface area contributed by atoms with Crippen LogP contribution in [0.4, 0.5) is 4.79 Å². The first-order valence-electron chi connectivity index (χ1n) is 9.67. The molecule has 1 unspecified atom stereocenters. The first-order valence-corrected chi connectivity index (χ1v) is 9.67. The molecule has 8 heteroatoms. The molecule has 2 aromatic carbocycles. The van der Waals surface area contributed by atoms with Crippen molar-refractivity contribution < 1.29 is 33.7 Å². The van der Waals surface area contributed by atoms with Gasteiger partial charge in [-0.15, -0.1) is 0 Å². The van der Waals surface area contributed by atoms with Gasteiger partial charge >= 0.3 is 18.0 Å². The molecule has 2 aromatic rings. The smallest absolute Gasteiger partial charge is 0.408 e. The molecule has 0 spiro atoms. The molecule has 0 saturated carbocycles. The van der Waals surface area contributed by atoms with E-state index in [4.69, 9.17) is 9.47 Å². The lowest BCUT2D eigenvalue weighted by molar-refractivity contribution is -0.158. The molecular formula is C23H27NO7. The van der Waals surface area contributed by atoms with E-state index in [0.29, 0.717) is 17.9 Å². The SMILES string of the molecule is COC(=O)C(C(=O)O)[C@H](NC(=O)OC(C)(C)C)c1cccc(OCc2ccccc2)c1. The van der Waals surface area contributed by atoms with E-state index in [9.17, 15) is 19.5 Å². The van der Waals surface area contributed by atoms with Crippen molar-refractivity contribution in [2.45, 2.75) is 39.0 Å². The summed E-state index contributed by atoms with van der Waals surface area (Å²) >= 11 is 0. The molecular weight excluding hydrogens is 402 g/mol. The van der Waals surface area contributed by atoms with Gasteiger partial charge in [0.15, 0.2) is 5.92 Å². The van der Waals surface area contributed by atoms with E-state index >= 15 is 0 Å². The van der Waals surface area contributed by atoms with Crippen molar-refractivity contribution in [2.75, 3.05) is 7.11 Å². The lowest BCUT2D eigenvalue weighted by atomic mass is 9.93. The maximum atomic E-state index is 12.4. The third-order valence-electron chi connectivity index (χ3n) is 4.19. The number of esters is 1. The Morgan fingerprint density at radius 2 is 1.71 bits per heavy atom. The largest absolute Gasteiger partial charge is 0.489 e. The second kappa shape index (κ2) is 10.5. The van der Waals surface area contributed by atoms with Crippen molar-refractivity contribution in [2.24, 2.45) is 5.92 Å². The van der Waals surface area contributed by atoms with E-state index in [0.717, 1.165) is 12.7 Å². The fraction of sp³-hybridized carbons (Fsp3) is 0.348. The molecule has 0 heterocycles. The van der Waals surface area contributed by atoms with Crippen LogP contribution >= 0.6 is 0 Å². The number of carboxylic acids is 1. The summed E-state index contributed by atoms with van der Waals surface area (Å²) in [5, 5.41) is 12.1. The van der Waals surface area contributed by atoms with E-state index in [1.165, 1.54) is 0 Å². The Morgan fingerprint density at radius 3 is 2.29 bits per heavy atom. The highest BCUT2D eigenvalue weighted by Gasteiger charge is 2.39. The maximum Gasteiger partial charge on any atom is 0.408 e. The summed E-state index contributed by atoms with van der Waals surface area (Å²) in [6.45, 7) is 5.33. The number of amides is 1. The van der Waals surface area contributed by atoms with E-state index in [-0.39, 0.29) is 0 Å². The summed E-state index contributed by atoms with van der Waals surface area (Å²) in [5.74, 6) is -3.67. The zero-order chi connectivity index (χ0) is 23.0. The number of benzene rings is 2. The predicted molar refractivity (Wildman–Crippen MR) is 112 cm³/mol. The highest BCUT2D eigenvalue weighted by Crippen LogP contribution is 2.28. The van der Waals surface area contributed by atoms with Gasteiger partial charge in [-0.1, -0.05) is 42.5 Å². The van der Waals surface area contributed by atoms with Gasteiger partial charge in [-0.05, 0) is 44.0 Å². The Bertz CT molecular complexity index is 906. The van der Waals surface area contributed by atoms with Gasteiger partial charge in [-0.25, -0.2) is 4.79 Å². The van der Waals surface area contributed by atoms with Crippen molar-refractivity contribution in [1.29, 1.82) is 0 Å². The molecule has 0 aliphatic heterocycles. The first-order chi connectivity index (χ1) is 14.6. The number of rotatable bonds is 8. The number of carboxylic acid groups (broad SMARTS) is 1. The van der Waals surface area contributed by atoms with Crippen LogP contribution in [0, 0.1) is 5.92 Å². The average Bonchev–Trinajstić information content (AvgIpc) is 2.71. The molecule has 31 heavy (non-hydrogen) atoms. The van der Waals surface area contributed by atoms with Gasteiger partial charge in [0.1, 0.15) is 18.0 Å². The van der Waals surface area contributed by atoms with Crippen LogP contribution in [0.3, 0.4) is 0 Å². The number of carbonyl (C=O) groups is 3. The molecule has 2 rings (SSSR count). The fourth-order valence-electron chi connectivity index (χ4n) is 2.84. The Morgan fingerprint density at radius 1 is 1.03 bits per heavy atom. The Kier molecular flexibility index (Phi) is 8.01. The molecule has 0 aliphatic rings. The summed E-state index contributed by atoms with van der Waals surface area (Å²) in [6, 6.07) is 14.8. The highest BCUT2D eigenvalue weighted by atomic mass is 16.6. The minimum absolute atomic E-state index is 0.299. The van der Waals surface area contributed by atoms with Gasteiger partial charge in [-0.3, -0.25) is 9.59 Å². The number of alkyl carbamates (subject to hydrolysis) is 1. The van der Waals surface area contributed by atoms with Crippen LogP contribution in [0.1, 0.15) is 37.9 Å². The molecule has 2 N–H and O–H groups in total. The number of ether oxygens (including phenoxy) is 3. The van der Waals surface area contributed by atoms with Gasteiger partial charge in [0.25, 0.3) is 0 Å². The van der Waals surface area contributed by atoms with Crippen molar-refractivity contribution in [1.82, 2.24) is 5.32 Å². The summed E-state index contributed by atoms with van der Waals surface area (Å²) in [6.07, 6.45) is -0.858. The monoisotopic (exact) mass is 429 g/mol. The second-order valence-corrected chi connectivity index (χ2v) is 7.81. The Labute approximate surface area is 181 Å². The van der Waals surface area contributed by atoms with Gasteiger partial charge in [0.05, 0.1) is 13.2 Å². The van der Waals surface area contributed by atoms with Crippen LogP contribution in [0.2, 0.25) is 0 Å². The van der Waals surface area contributed by atoms with Gasteiger partial charge in [-0.2, -0.15) is 0 Å². The van der Waals surface area contributed by atoms with E-state index in [2.05, 4.69) is 10.1 Å². The number of hydrogen-bond acceptors (Lipinski definition) is 6. The van der Waals surface area contributed by atoms with E-state index in [1.54, 1.807) is 45.0 Å². The molecule has 166 valence electrons. The van der Waals surface area contributed by atoms with Crippen molar-refractivity contribution in [3.05, 3.63) is 65.7 Å². The average molecular weight is 429 g/mol. The molecule has 0 saturated heterocycles. The highest BCUT2D eigenvalue weighted by molar-refractivity contribution is 5.95. The zero-order valence-electron chi connectivity index (χ0n) is 18.0. The number of aliphatic carboxylic acids is 1. The standard InChI is InChI=1S/C23H27NO7/c1-23(2,3)31-22(28)24-19(18(20(25)26)21(27)29-4)16-11-8-12-17(13-16)30-14-15-9-6-5-7-10-15/h5-13,18-19H,14H2,1-4H3,(H,24,28)(H,25,26)/t18?,19-/m1/s1. The molecule has 0 aliphatic carbocycles. The van der Waals surface area contributed by atoms with Crippen molar-refractivity contribution in [3.8, 4) is 5.75 Å². The predicted octanol–water partition coefficient (Wildman–Crippen LogP) is 3.71. The summed E-state index contributed by atoms with van der Waals surface area (Å²) in [5.41, 5.74) is 0.503. The van der Waals surface area contributed by atoms with E-state index < -0.39 is 35.6 Å². The van der Waals surface area contributed by atoms with Crippen LogP contribution in [0.25, 0.3) is 0 Å². The summed E-state index contributed by atoms with van der Waals surface area (Å²) < 4.78 is 15.7. The quantitative estimate of drug-likeness (QED) is 0.486. The van der Waals surface area contributed by atoms with Crippen LogP contribution in [0.15, 0.2) is 54.6 Å². The summed E-state index contributed by atoms with van der Waals surface area (Å²) in [4.78, 5) is 36.4. The molecule has 8 nitrogen and oxygen atoms in total. The Hall–Kier alpha value is -3.55. The second-order valence-electron chi connectivity index (χ2n) is 7.81. The van der Waals surface area contributed by atoms with E-state index in [1.807, 2.05) is 30.3 Å². The molecule has 2 atom stereocenters. The lowest BCUT2D eigenvalue weighted by Gasteiger charge is -2.26. The molecule has 0 bridgehead atoms. The van der Waals surface area contributed by atoms with Crippen LogP contribution in [0.5, 0.6) is 5.75 Å². The van der Waals surface area contributed by atoms with Crippen LogP contribution in [-0.2, 0) is 25.7 Å². The molecule has 1 amide bonds. The first kappa shape index (κ1) is 23.7. The molecule has 0 fully saturated rings.